The number of benzene rings is 1. The topological polar surface area (TPSA) is 81.1 Å². The molecule has 0 saturated carbocycles. The van der Waals surface area contributed by atoms with Gasteiger partial charge in [-0.25, -0.2) is 9.78 Å². The fourth-order valence-electron chi connectivity index (χ4n) is 2.03. The van der Waals surface area contributed by atoms with Gasteiger partial charge < -0.3 is 15.4 Å². The molecule has 0 atom stereocenters. The number of anilines is 2. The van der Waals surface area contributed by atoms with E-state index in [-0.39, 0.29) is 6.03 Å². The number of pyridine rings is 1. The maximum atomic E-state index is 12.2. The van der Waals surface area contributed by atoms with Gasteiger partial charge in [-0.15, -0.1) is 0 Å². The summed E-state index contributed by atoms with van der Waals surface area (Å²) in [4.78, 5) is 20.5. The van der Waals surface area contributed by atoms with Gasteiger partial charge in [0, 0.05) is 24.1 Å². The van der Waals surface area contributed by atoms with Gasteiger partial charge in [-0.1, -0.05) is 18.2 Å². The molecular formula is C16H15N5O2. The number of methoxy groups -OCH3 is 1. The molecule has 0 aliphatic heterocycles. The van der Waals surface area contributed by atoms with E-state index in [0.717, 1.165) is 0 Å². The lowest BCUT2D eigenvalue weighted by Gasteiger charge is -2.12. The number of imidazole rings is 1. The van der Waals surface area contributed by atoms with Gasteiger partial charge >= 0.3 is 6.03 Å². The van der Waals surface area contributed by atoms with Crippen molar-refractivity contribution >= 4 is 17.4 Å². The van der Waals surface area contributed by atoms with Gasteiger partial charge in [0.15, 0.2) is 5.82 Å². The van der Waals surface area contributed by atoms with Gasteiger partial charge in [0.1, 0.15) is 6.33 Å². The highest BCUT2D eigenvalue weighted by atomic mass is 16.5. The minimum Gasteiger partial charge on any atom is -0.481 e. The van der Waals surface area contributed by atoms with Crippen LogP contribution in [0.5, 0.6) is 5.88 Å². The van der Waals surface area contributed by atoms with E-state index in [0.29, 0.717) is 23.1 Å². The molecule has 0 spiro atoms. The molecule has 2 amide bonds. The third-order valence-electron chi connectivity index (χ3n) is 3.09. The van der Waals surface area contributed by atoms with Crippen molar-refractivity contribution in [3.63, 3.8) is 0 Å². The Morgan fingerprint density at radius 3 is 2.65 bits per heavy atom. The molecule has 3 aromatic rings. The number of carbonyl (C=O) groups is 1. The van der Waals surface area contributed by atoms with Crippen LogP contribution in [0, 0.1) is 0 Å². The first-order valence-corrected chi connectivity index (χ1v) is 6.92. The molecule has 0 saturated heterocycles. The second-order valence-corrected chi connectivity index (χ2v) is 4.64. The average molecular weight is 309 g/mol. The van der Waals surface area contributed by atoms with Gasteiger partial charge in [-0.05, 0) is 18.2 Å². The molecule has 1 aromatic carbocycles. The Morgan fingerprint density at radius 1 is 1.13 bits per heavy atom. The number of nitrogens with one attached hydrogen (secondary N) is 2. The quantitative estimate of drug-likeness (QED) is 0.776. The van der Waals surface area contributed by atoms with E-state index < -0.39 is 0 Å². The van der Waals surface area contributed by atoms with Gasteiger partial charge in [-0.3, -0.25) is 4.57 Å². The zero-order valence-electron chi connectivity index (χ0n) is 12.4. The smallest absolute Gasteiger partial charge is 0.323 e. The van der Waals surface area contributed by atoms with Crippen LogP contribution in [-0.2, 0) is 0 Å². The normalized spacial score (nSPS) is 10.1. The molecule has 0 bridgehead atoms. The first kappa shape index (κ1) is 14.6. The third kappa shape index (κ3) is 3.46. The largest absolute Gasteiger partial charge is 0.481 e. The summed E-state index contributed by atoms with van der Waals surface area (Å²) in [5.41, 5.74) is 1.24. The van der Waals surface area contributed by atoms with E-state index in [1.807, 2.05) is 30.3 Å². The Bertz CT molecular complexity index is 787. The number of para-hydroxylation sites is 1. The summed E-state index contributed by atoms with van der Waals surface area (Å²) < 4.78 is 6.83. The number of hydrogen-bond acceptors (Lipinski definition) is 4. The molecule has 0 aliphatic rings. The van der Waals surface area contributed by atoms with E-state index in [4.69, 9.17) is 4.74 Å². The highest BCUT2D eigenvalue weighted by Crippen LogP contribution is 2.22. The van der Waals surface area contributed by atoms with Crippen molar-refractivity contribution in [3.05, 3.63) is 61.2 Å². The van der Waals surface area contributed by atoms with Crippen LogP contribution in [0.4, 0.5) is 16.2 Å². The standard InChI is InChI=1S/C16H15N5O2/c1-23-14-8-7-13(15(20-14)21-10-9-17-11-21)19-16(22)18-12-5-3-2-4-6-12/h2-11H,1H3,(H2,18,19,22). The monoisotopic (exact) mass is 309 g/mol. The van der Waals surface area contributed by atoms with Crippen LogP contribution in [0.3, 0.4) is 0 Å². The zero-order chi connectivity index (χ0) is 16.1. The van der Waals surface area contributed by atoms with Crippen LogP contribution in [0.25, 0.3) is 5.82 Å². The summed E-state index contributed by atoms with van der Waals surface area (Å²) in [6.07, 6.45) is 4.97. The Labute approximate surface area is 133 Å². The number of carbonyl (C=O) groups excluding carboxylic acids is 1. The van der Waals surface area contributed by atoms with Crippen molar-refractivity contribution in [2.75, 3.05) is 17.7 Å². The second-order valence-electron chi connectivity index (χ2n) is 4.64. The summed E-state index contributed by atoms with van der Waals surface area (Å²) in [7, 11) is 1.54. The van der Waals surface area contributed by atoms with Crippen LogP contribution < -0.4 is 15.4 Å². The molecule has 0 aliphatic carbocycles. The zero-order valence-corrected chi connectivity index (χ0v) is 12.4. The van der Waals surface area contributed by atoms with Crippen LogP contribution >= 0.6 is 0 Å². The van der Waals surface area contributed by atoms with Crippen molar-refractivity contribution in [2.45, 2.75) is 0 Å². The van der Waals surface area contributed by atoms with Crippen molar-refractivity contribution in [1.29, 1.82) is 0 Å². The van der Waals surface area contributed by atoms with E-state index in [9.17, 15) is 4.79 Å². The molecular weight excluding hydrogens is 294 g/mol. The van der Waals surface area contributed by atoms with Gasteiger partial charge in [0.05, 0.1) is 12.8 Å². The summed E-state index contributed by atoms with van der Waals surface area (Å²) in [6.45, 7) is 0. The number of nitrogens with zero attached hydrogens (tertiary/aromatic N) is 3. The summed E-state index contributed by atoms with van der Waals surface area (Å²) in [6, 6.07) is 12.2. The SMILES string of the molecule is COc1ccc(NC(=O)Nc2ccccc2)c(-n2ccnc2)n1. The van der Waals surface area contributed by atoms with Crippen molar-refractivity contribution in [2.24, 2.45) is 0 Å². The minimum atomic E-state index is -0.357. The maximum absolute atomic E-state index is 12.2. The van der Waals surface area contributed by atoms with Crippen molar-refractivity contribution in [3.8, 4) is 11.7 Å². The van der Waals surface area contributed by atoms with Crippen LogP contribution in [0.1, 0.15) is 0 Å². The lowest BCUT2D eigenvalue weighted by Crippen LogP contribution is -2.20. The predicted octanol–water partition coefficient (Wildman–Crippen LogP) is 2.92. The lowest BCUT2D eigenvalue weighted by molar-refractivity contribution is 0.262. The van der Waals surface area contributed by atoms with E-state index in [2.05, 4.69) is 20.6 Å². The number of aromatic nitrogens is 3. The van der Waals surface area contributed by atoms with E-state index in [1.165, 1.54) is 7.11 Å². The molecule has 0 fully saturated rings. The molecule has 2 aromatic heterocycles. The van der Waals surface area contributed by atoms with Gasteiger partial charge in [-0.2, -0.15) is 4.98 Å². The highest BCUT2D eigenvalue weighted by molar-refractivity contribution is 6.00. The molecule has 23 heavy (non-hydrogen) atoms. The average Bonchev–Trinajstić information content (AvgIpc) is 3.10. The number of hydrogen-bond donors (Lipinski definition) is 2. The number of rotatable bonds is 4. The molecule has 3 rings (SSSR count). The molecule has 0 radical (unpaired) electrons. The molecule has 7 heteroatoms. The Balaban J connectivity index is 1.83. The predicted molar refractivity (Wildman–Crippen MR) is 87.0 cm³/mol. The van der Waals surface area contributed by atoms with Crippen molar-refractivity contribution in [1.82, 2.24) is 14.5 Å². The van der Waals surface area contributed by atoms with Crippen LogP contribution in [0.2, 0.25) is 0 Å². The number of urea groups is 1. The van der Waals surface area contributed by atoms with Crippen molar-refractivity contribution < 1.29 is 9.53 Å². The fourth-order valence-corrected chi connectivity index (χ4v) is 2.03. The first-order valence-electron chi connectivity index (χ1n) is 6.92. The second kappa shape index (κ2) is 6.61. The van der Waals surface area contributed by atoms with Crippen LogP contribution in [0.15, 0.2) is 61.2 Å². The third-order valence-corrected chi connectivity index (χ3v) is 3.09. The summed E-state index contributed by atoms with van der Waals surface area (Å²) in [5.74, 6) is 0.966. The minimum absolute atomic E-state index is 0.357. The molecule has 2 heterocycles. The molecule has 0 unspecified atom stereocenters. The molecule has 2 N–H and O–H groups in total. The Kier molecular flexibility index (Phi) is 4.19. The maximum Gasteiger partial charge on any atom is 0.323 e. The summed E-state index contributed by atoms with van der Waals surface area (Å²) in [5, 5.41) is 5.54. The number of amides is 2. The number of ether oxygens (including phenoxy) is 1. The first-order chi connectivity index (χ1) is 11.3. The molecule has 116 valence electrons. The Morgan fingerprint density at radius 2 is 1.96 bits per heavy atom. The summed E-state index contributed by atoms with van der Waals surface area (Å²) >= 11 is 0. The van der Waals surface area contributed by atoms with Gasteiger partial charge in [0.25, 0.3) is 0 Å². The van der Waals surface area contributed by atoms with Crippen LogP contribution in [-0.4, -0.2) is 27.7 Å². The molecule has 7 nitrogen and oxygen atoms in total. The van der Waals surface area contributed by atoms with E-state index >= 15 is 0 Å². The lowest BCUT2D eigenvalue weighted by atomic mass is 10.3. The highest BCUT2D eigenvalue weighted by Gasteiger charge is 2.11. The Hall–Kier alpha value is -3.35. The van der Waals surface area contributed by atoms with E-state index in [1.54, 1.807) is 35.4 Å². The fraction of sp³-hybridized carbons (Fsp3) is 0.0625. The van der Waals surface area contributed by atoms with Gasteiger partial charge in [0.2, 0.25) is 5.88 Å².